The van der Waals surface area contributed by atoms with Gasteiger partial charge in [-0.2, -0.15) is 0 Å². The average molecular weight is 1200 g/mol. The highest BCUT2D eigenvalue weighted by Gasteiger charge is 2.51. The minimum Gasteiger partial charge on any atom is -0.394 e. The summed E-state index contributed by atoms with van der Waals surface area (Å²) in [6.45, 7) is 2.91. The summed E-state index contributed by atoms with van der Waals surface area (Å²) in [7, 11) is 0. The second kappa shape index (κ2) is 56.0. The maximum atomic E-state index is 13.3. The number of amides is 1. The van der Waals surface area contributed by atoms with E-state index >= 15 is 0 Å². The number of aliphatic hydroxyl groups excluding tert-OH is 8. The van der Waals surface area contributed by atoms with E-state index in [4.69, 9.17) is 18.9 Å². The van der Waals surface area contributed by atoms with Crippen LogP contribution in [0, 0.1) is 0 Å². The van der Waals surface area contributed by atoms with Crippen molar-refractivity contribution in [3.8, 4) is 0 Å². The lowest BCUT2D eigenvalue weighted by Crippen LogP contribution is -2.65. The summed E-state index contributed by atoms with van der Waals surface area (Å²) in [5.74, 6) is -0.198. The third-order valence-electron chi connectivity index (χ3n) is 18.3. The fourth-order valence-corrected chi connectivity index (χ4v) is 12.5. The highest BCUT2D eigenvalue weighted by molar-refractivity contribution is 5.76. The number of unbranched alkanes of at least 4 members (excludes halogenated alkanes) is 48. The van der Waals surface area contributed by atoms with Crippen LogP contribution in [0.2, 0.25) is 0 Å². The molecule has 12 atom stereocenters. The van der Waals surface area contributed by atoms with Crippen molar-refractivity contribution in [3.05, 3.63) is 0 Å². The zero-order chi connectivity index (χ0) is 60.9. The van der Waals surface area contributed by atoms with Crippen molar-refractivity contribution in [3.63, 3.8) is 0 Å². The molecule has 2 heterocycles. The highest BCUT2D eigenvalue weighted by atomic mass is 16.7. The molecule has 0 spiro atoms. The normalized spacial score (nSPS) is 23.5. The molecular formula is C70H137NO13. The van der Waals surface area contributed by atoms with Gasteiger partial charge >= 0.3 is 0 Å². The lowest BCUT2D eigenvalue weighted by molar-refractivity contribution is -0.359. The Morgan fingerprint density at radius 2 is 0.679 bits per heavy atom. The van der Waals surface area contributed by atoms with Gasteiger partial charge in [-0.15, -0.1) is 0 Å². The van der Waals surface area contributed by atoms with Crippen molar-refractivity contribution in [2.75, 3.05) is 19.8 Å². The third kappa shape index (κ3) is 39.9. The van der Waals surface area contributed by atoms with Crippen molar-refractivity contribution in [2.45, 2.75) is 421 Å². The van der Waals surface area contributed by atoms with Gasteiger partial charge in [-0.3, -0.25) is 4.79 Å². The van der Waals surface area contributed by atoms with Crippen LogP contribution >= 0.6 is 0 Å². The van der Waals surface area contributed by atoms with Gasteiger partial charge in [-0.25, -0.2) is 0 Å². The van der Waals surface area contributed by atoms with E-state index in [9.17, 15) is 45.6 Å². The fourth-order valence-electron chi connectivity index (χ4n) is 12.5. The van der Waals surface area contributed by atoms with E-state index in [1.54, 1.807) is 0 Å². The molecule has 2 fully saturated rings. The van der Waals surface area contributed by atoms with Gasteiger partial charge in [0.25, 0.3) is 0 Å². The maximum absolute atomic E-state index is 13.3. The second-order valence-corrected chi connectivity index (χ2v) is 26.1. The molecule has 2 rings (SSSR count). The Morgan fingerprint density at radius 1 is 0.381 bits per heavy atom. The van der Waals surface area contributed by atoms with Crippen molar-refractivity contribution < 1.29 is 64.6 Å². The molecule has 500 valence electrons. The molecule has 2 aliphatic rings. The second-order valence-electron chi connectivity index (χ2n) is 26.1. The number of aliphatic hydroxyl groups is 8. The number of rotatable bonds is 61. The number of carbonyl (C=O) groups excluding carboxylic acids is 1. The van der Waals surface area contributed by atoms with Crippen LogP contribution in [0.3, 0.4) is 0 Å². The predicted molar refractivity (Wildman–Crippen MR) is 342 cm³/mol. The van der Waals surface area contributed by atoms with E-state index in [-0.39, 0.29) is 12.5 Å². The summed E-state index contributed by atoms with van der Waals surface area (Å²) in [5, 5.41) is 87.4. The van der Waals surface area contributed by atoms with Gasteiger partial charge in [-0.05, 0) is 12.8 Å². The summed E-state index contributed by atoms with van der Waals surface area (Å²) in [4.78, 5) is 13.3. The van der Waals surface area contributed by atoms with Crippen LogP contribution in [0.5, 0.6) is 0 Å². The molecule has 12 unspecified atom stereocenters. The maximum Gasteiger partial charge on any atom is 0.220 e. The van der Waals surface area contributed by atoms with E-state index in [0.717, 1.165) is 51.4 Å². The Labute approximate surface area is 514 Å². The van der Waals surface area contributed by atoms with E-state index in [0.29, 0.717) is 12.8 Å². The van der Waals surface area contributed by atoms with Gasteiger partial charge in [-0.1, -0.05) is 328 Å². The van der Waals surface area contributed by atoms with Crippen molar-refractivity contribution in [1.82, 2.24) is 5.32 Å². The molecule has 0 saturated carbocycles. The summed E-state index contributed by atoms with van der Waals surface area (Å²) in [6, 6.07) is -0.823. The lowest BCUT2D eigenvalue weighted by Gasteiger charge is -2.46. The van der Waals surface area contributed by atoms with E-state index in [1.807, 2.05) is 0 Å². The highest BCUT2D eigenvalue weighted by Crippen LogP contribution is 2.30. The van der Waals surface area contributed by atoms with Crippen LogP contribution in [0.25, 0.3) is 0 Å². The Bertz CT molecular complexity index is 1410. The van der Waals surface area contributed by atoms with Crippen LogP contribution < -0.4 is 5.32 Å². The van der Waals surface area contributed by atoms with Crippen LogP contribution in [-0.2, 0) is 23.7 Å². The SMILES string of the molecule is CCCCCCCCCCCCCCCCCCCCCCCCCCCCCCCCCCCCCCCC(=O)NC(COC1OC(CO)C(OC2OC(CO)C(O)C(O)C2O)C(O)C1O)C(O)CCCCCCCCCCCCCCC. The van der Waals surface area contributed by atoms with E-state index < -0.39 is 86.8 Å². The molecular weight excluding hydrogens is 1060 g/mol. The number of carbonyl (C=O) groups is 1. The summed E-state index contributed by atoms with van der Waals surface area (Å²) >= 11 is 0. The fraction of sp³-hybridized carbons (Fsp3) is 0.986. The molecule has 2 saturated heterocycles. The van der Waals surface area contributed by atoms with Crippen molar-refractivity contribution in [2.24, 2.45) is 0 Å². The molecule has 0 bridgehead atoms. The molecule has 0 aromatic rings. The van der Waals surface area contributed by atoms with Gasteiger partial charge in [0.2, 0.25) is 5.91 Å². The largest absolute Gasteiger partial charge is 0.394 e. The molecule has 0 aromatic heterocycles. The number of ether oxygens (including phenoxy) is 4. The first kappa shape index (κ1) is 79.1. The summed E-state index contributed by atoms with van der Waals surface area (Å²) in [6.07, 6.45) is 50.2. The molecule has 14 nitrogen and oxygen atoms in total. The Morgan fingerprint density at radius 3 is 1.01 bits per heavy atom. The minimum absolute atomic E-state index is 0.198. The Kier molecular flexibility index (Phi) is 52.7. The van der Waals surface area contributed by atoms with Gasteiger partial charge in [0.05, 0.1) is 32.0 Å². The Balaban J connectivity index is 1.54. The number of hydrogen-bond donors (Lipinski definition) is 9. The lowest BCUT2D eigenvalue weighted by atomic mass is 9.97. The van der Waals surface area contributed by atoms with Crippen molar-refractivity contribution in [1.29, 1.82) is 0 Å². The van der Waals surface area contributed by atoms with Gasteiger partial charge in [0.15, 0.2) is 12.6 Å². The van der Waals surface area contributed by atoms with Crippen LogP contribution in [0.1, 0.15) is 348 Å². The first-order chi connectivity index (χ1) is 41.1. The van der Waals surface area contributed by atoms with E-state index in [2.05, 4.69) is 19.2 Å². The average Bonchev–Trinajstić information content (AvgIpc) is 2.58. The van der Waals surface area contributed by atoms with Crippen LogP contribution in [0.4, 0.5) is 0 Å². The number of nitrogens with one attached hydrogen (secondary N) is 1. The first-order valence-corrected chi connectivity index (χ1v) is 36.3. The molecule has 84 heavy (non-hydrogen) atoms. The topological polar surface area (TPSA) is 228 Å². The van der Waals surface area contributed by atoms with Crippen LogP contribution in [-0.4, -0.2) is 140 Å². The molecule has 0 aliphatic carbocycles. The Hall–Kier alpha value is -1.01. The molecule has 14 heteroatoms. The molecule has 1 amide bonds. The standard InChI is InChI=1S/C70H137NO13/c1-3-5-7-9-11-13-15-17-18-19-20-21-22-23-24-25-26-27-28-29-30-31-32-33-34-35-36-37-38-39-40-42-44-46-48-50-52-54-62(75)71-58(59(74)53-51-49-47-45-43-41-16-14-12-10-8-6-4-2)57-81-69-67(80)65(78)68(61(56-73)83-69)84-70-66(79)64(77)63(76)60(55-72)82-70/h58-61,63-70,72-74,76-80H,3-57H2,1-2H3,(H,71,75). The summed E-state index contributed by atoms with van der Waals surface area (Å²) < 4.78 is 22.9. The minimum atomic E-state index is -1.78. The molecule has 0 radical (unpaired) electrons. The van der Waals surface area contributed by atoms with Crippen LogP contribution in [0.15, 0.2) is 0 Å². The van der Waals surface area contributed by atoms with Crippen molar-refractivity contribution >= 4 is 5.91 Å². The van der Waals surface area contributed by atoms with Gasteiger partial charge in [0, 0.05) is 6.42 Å². The zero-order valence-electron chi connectivity index (χ0n) is 54.4. The molecule has 0 aromatic carbocycles. The van der Waals surface area contributed by atoms with E-state index in [1.165, 1.54) is 270 Å². The predicted octanol–water partition coefficient (Wildman–Crippen LogP) is 14.8. The quantitative estimate of drug-likeness (QED) is 0.0259. The molecule has 9 N–H and O–H groups in total. The zero-order valence-corrected chi connectivity index (χ0v) is 54.4. The number of hydrogen-bond acceptors (Lipinski definition) is 13. The molecule has 2 aliphatic heterocycles. The van der Waals surface area contributed by atoms with Gasteiger partial charge < -0.3 is 65.1 Å². The first-order valence-electron chi connectivity index (χ1n) is 36.3. The third-order valence-corrected chi connectivity index (χ3v) is 18.3. The monoisotopic (exact) mass is 1200 g/mol. The van der Waals surface area contributed by atoms with Gasteiger partial charge in [0.1, 0.15) is 48.8 Å². The summed E-state index contributed by atoms with van der Waals surface area (Å²) in [5.41, 5.74) is 0. The smallest absolute Gasteiger partial charge is 0.220 e.